The van der Waals surface area contributed by atoms with Crippen LogP contribution in [0.5, 0.6) is 5.75 Å². The van der Waals surface area contributed by atoms with Crippen molar-refractivity contribution in [2.45, 2.75) is 44.0 Å². The minimum atomic E-state index is -0.758. The Balaban J connectivity index is 1.80. The van der Waals surface area contributed by atoms with E-state index < -0.39 is 16.7 Å². The van der Waals surface area contributed by atoms with Gasteiger partial charge in [0.25, 0.3) is 0 Å². The molecule has 2 aromatic heterocycles. The first-order valence-corrected chi connectivity index (χ1v) is 12.3. The number of likely N-dealkylation sites (tertiary alicyclic amines) is 1. The van der Waals surface area contributed by atoms with Gasteiger partial charge in [0.15, 0.2) is 5.65 Å². The summed E-state index contributed by atoms with van der Waals surface area (Å²) >= 11 is 12.0. The zero-order valence-electron chi connectivity index (χ0n) is 20.4. The van der Waals surface area contributed by atoms with Gasteiger partial charge in [0.1, 0.15) is 34.3 Å². The fourth-order valence-electron chi connectivity index (χ4n) is 4.09. The number of aryl methyl sites for hydroxylation is 1. The number of fused-ring (bicyclic) bond motifs is 1. The Morgan fingerprint density at radius 1 is 1.17 bits per heavy atom. The molecule has 0 aliphatic carbocycles. The fraction of sp³-hybridized carbons (Fsp3) is 0.400. The lowest BCUT2D eigenvalue weighted by Gasteiger charge is -2.18. The van der Waals surface area contributed by atoms with E-state index in [2.05, 4.69) is 27.1 Å². The lowest BCUT2D eigenvalue weighted by molar-refractivity contribution is -0.129. The number of carbonyl (C=O) groups is 2. The number of alkyl halides is 2. The van der Waals surface area contributed by atoms with Gasteiger partial charge in [-0.25, -0.2) is 14.6 Å². The monoisotopic (exact) mass is 528 g/mol. The van der Waals surface area contributed by atoms with Crippen molar-refractivity contribution in [1.29, 1.82) is 0 Å². The van der Waals surface area contributed by atoms with Crippen LogP contribution in [0.25, 0.3) is 11.0 Å². The lowest BCUT2D eigenvalue weighted by Crippen LogP contribution is -2.34. The van der Waals surface area contributed by atoms with Crippen molar-refractivity contribution in [2.75, 3.05) is 25.5 Å². The molecule has 3 heterocycles. The number of amides is 2. The molecule has 1 saturated heterocycles. The fourth-order valence-corrected chi connectivity index (χ4v) is 4.28. The standard InChI is InChI=1S/C25H26Cl2N6O3/c1-14-9-17(11-19(10-14)36-4)5-6-20-21-22(30-24(34)15(2)26)28-13-29-23(21)33(31-20)18-7-8-32(12-18)25(35)16(3)27/h9-11,13,15-16,18H,7-8,12H2,1-4H3,(H,28,29,30,34)/t15?,16?,18-/m0/s1. The van der Waals surface area contributed by atoms with Gasteiger partial charge in [-0.2, -0.15) is 5.10 Å². The number of rotatable bonds is 5. The molecule has 2 unspecified atom stereocenters. The van der Waals surface area contributed by atoms with Crippen LogP contribution in [-0.2, 0) is 9.59 Å². The maximum absolute atomic E-state index is 12.4. The van der Waals surface area contributed by atoms with Gasteiger partial charge < -0.3 is 15.0 Å². The number of nitrogens with one attached hydrogen (secondary N) is 1. The first-order valence-electron chi connectivity index (χ1n) is 11.5. The summed E-state index contributed by atoms with van der Waals surface area (Å²) < 4.78 is 7.11. The van der Waals surface area contributed by atoms with Gasteiger partial charge >= 0.3 is 0 Å². The number of aromatic nitrogens is 4. The molecular weight excluding hydrogens is 503 g/mol. The van der Waals surface area contributed by atoms with Crippen molar-refractivity contribution in [1.82, 2.24) is 24.6 Å². The molecule has 3 aromatic rings. The number of halogens is 2. The quantitative estimate of drug-likeness (QED) is 0.401. The van der Waals surface area contributed by atoms with Crippen molar-refractivity contribution in [3.05, 3.63) is 41.3 Å². The van der Waals surface area contributed by atoms with E-state index in [4.69, 9.17) is 33.0 Å². The van der Waals surface area contributed by atoms with Crippen LogP contribution in [-0.4, -0.2) is 67.4 Å². The smallest absolute Gasteiger partial charge is 0.243 e. The number of hydrogen-bond donors (Lipinski definition) is 1. The average molecular weight is 529 g/mol. The molecule has 11 heteroatoms. The number of methoxy groups -OCH3 is 1. The zero-order valence-corrected chi connectivity index (χ0v) is 21.9. The van der Waals surface area contributed by atoms with E-state index in [-0.39, 0.29) is 17.8 Å². The van der Waals surface area contributed by atoms with E-state index in [1.807, 2.05) is 25.1 Å². The number of carbonyl (C=O) groups excluding carboxylic acids is 2. The topological polar surface area (TPSA) is 102 Å². The highest BCUT2D eigenvalue weighted by Crippen LogP contribution is 2.30. The second-order valence-electron chi connectivity index (χ2n) is 8.65. The predicted molar refractivity (Wildman–Crippen MR) is 139 cm³/mol. The van der Waals surface area contributed by atoms with Crippen molar-refractivity contribution in [2.24, 2.45) is 0 Å². The first kappa shape index (κ1) is 25.7. The number of benzene rings is 1. The van der Waals surface area contributed by atoms with Crippen LogP contribution in [0.15, 0.2) is 24.5 Å². The molecule has 0 saturated carbocycles. The van der Waals surface area contributed by atoms with E-state index in [1.54, 1.807) is 30.5 Å². The van der Waals surface area contributed by atoms with Gasteiger partial charge in [-0.15, -0.1) is 23.2 Å². The summed E-state index contributed by atoms with van der Waals surface area (Å²) in [6.07, 6.45) is 2.04. The Hall–Kier alpha value is -3.35. The van der Waals surface area contributed by atoms with Gasteiger partial charge in [0, 0.05) is 18.7 Å². The molecular formula is C25H26Cl2N6O3. The lowest BCUT2D eigenvalue weighted by atomic mass is 10.1. The molecule has 2 amide bonds. The largest absolute Gasteiger partial charge is 0.497 e. The Morgan fingerprint density at radius 2 is 1.94 bits per heavy atom. The SMILES string of the molecule is COc1cc(C)cc(C#Cc2nn([C@H]3CCN(C(=O)C(C)Cl)C3)c3ncnc(NC(=O)C(C)Cl)c23)c1. The second kappa shape index (κ2) is 10.7. The van der Waals surface area contributed by atoms with Crippen LogP contribution in [0.4, 0.5) is 5.82 Å². The maximum Gasteiger partial charge on any atom is 0.243 e. The molecule has 1 aliphatic rings. The summed E-state index contributed by atoms with van der Waals surface area (Å²) in [5.74, 6) is 6.70. The normalized spacial score (nSPS) is 16.8. The van der Waals surface area contributed by atoms with Gasteiger partial charge in [-0.3, -0.25) is 9.59 Å². The van der Waals surface area contributed by atoms with Crippen LogP contribution in [0.2, 0.25) is 0 Å². The molecule has 1 aromatic carbocycles. The minimum absolute atomic E-state index is 0.122. The maximum atomic E-state index is 12.4. The number of nitrogens with zero attached hydrogens (tertiary/aromatic N) is 5. The molecule has 0 bridgehead atoms. The van der Waals surface area contributed by atoms with Gasteiger partial charge in [-0.1, -0.05) is 5.92 Å². The molecule has 188 valence electrons. The zero-order chi connectivity index (χ0) is 26.0. The third-order valence-electron chi connectivity index (χ3n) is 5.86. The van der Waals surface area contributed by atoms with E-state index in [0.717, 1.165) is 11.1 Å². The molecule has 3 atom stereocenters. The van der Waals surface area contributed by atoms with Crippen LogP contribution in [0, 0.1) is 18.8 Å². The minimum Gasteiger partial charge on any atom is -0.497 e. The van der Waals surface area contributed by atoms with Crippen molar-refractivity contribution in [3.8, 4) is 17.6 Å². The molecule has 1 aliphatic heterocycles. The Labute approximate surface area is 219 Å². The summed E-state index contributed by atoms with van der Waals surface area (Å²) in [7, 11) is 1.60. The van der Waals surface area contributed by atoms with E-state index >= 15 is 0 Å². The molecule has 0 spiro atoms. The number of ether oxygens (including phenoxy) is 1. The average Bonchev–Trinajstić information content (AvgIpc) is 3.47. The Kier molecular flexibility index (Phi) is 7.67. The molecule has 4 rings (SSSR count). The number of hydrogen-bond acceptors (Lipinski definition) is 6. The highest BCUT2D eigenvalue weighted by Gasteiger charge is 2.32. The summed E-state index contributed by atoms with van der Waals surface area (Å²) in [5, 5.41) is 6.65. The van der Waals surface area contributed by atoms with Crippen molar-refractivity contribution in [3.63, 3.8) is 0 Å². The van der Waals surface area contributed by atoms with Crippen LogP contribution >= 0.6 is 23.2 Å². The highest BCUT2D eigenvalue weighted by molar-refractivity contribution is 6.32. The van der Waals surface area contributed by atoms with Gasteiger partial charge in [0.2, 0.25) is 11.8 Å². The molecule has 1 N–H and O–H groups in total. The Bertz CT molecular complexity index is 1380. The highest BCUT2D eigenvalue weighted by atomic mass is 35.5. The van der Waals surface area contributed by atoms with Crippen molar-refractivity contribution < 1.29 is 14.3 Å². The molecule has 9 nitrogen and oxygen atoms in total. The van der Waals surface area contributed by atoms with E-state index in [1.165, 1.54) is 6.33 Å². The second-order valence-corrected chi connectivity index (χ2v) is 9.96. The third kappa shape index (κ3) is 5.40. The molecule has 36 heavy (non-hydrogen) atoms. The first-order chi connectivity index (χ1) is 17.2. The van der Waals surface area contributed by atoms with Gasteiger partial charge in [-0.05, 0) is 56.9 Å². The van der Waals surface area contributed by atoms with Crippen LogP contribution < -0.4 is 10.1 Å². The molecule has 0 radical (unpaired) electrons. The number of anilines is 1. The van der Waals surface area contributed by atoms with Crippen LogP contribution in [0.3, 0.4) is 0 Å². The van der Waals surface area contributed by atoms with Gasteiger partial charge in [0.05, 0.1) is 18.5 Å². The summed E-state index contributed by atoms with van der Waals surface area (Å²) in [5.41, 5.74) is 2.66. The Morgan fingerprint density at radius 3 is 2.64 bits per heavy atom. The predicted octanol–water partition coefficient (Wildman–Crippen LogP) is 3.51. The summed E-state index contributed by atoms with van der Waals surface area (Å²) in [4.78, 5) is 35.2. The van der Waals surface area contributed by atoms with E-state index in [0.29, 0.717) is 42.0 Å². The van der Waals surface area contributed by atoms with Crippen molar-refractivity contribution >= 4 is 51.9 Å². The summed E-state index contributed by atoms with van der Waals surface area (Å²) in [6.45, 7) is 6.20. The summed E-state index contributed by atoms with van der Waals surface area (Å²) in [6, 6.07) is 5.56. The third-order valence-corrected chi connectivity index (χ3v) is 6.25. The molecule has 1 fully saturated rings. The van der Waals surface area contributed by atoms with E-state index in [9.17, 15) is 9.59 Å². The van der Waals surface area contributed by atoms with Crippen LogP contribution in [0.1, 0.15) is 43.1 Å².